The van der Waals surface area contributed by atoms with Gasteiger partial charge in [-0.25, -0.2) is 9.07 Å². The first kappa shape index (κ1) is 20.4. The lowest BCUT2D eigenvalue weighted by atomic mass is 9.97. The number of amides is 1. The van der Waals surface area contributed by atoms with Crippen LogP contribution in [0.25, 0.3) is 5.69 Å². The third kappa shape index (κ3) is 5.03. The van der Waals surface area contributed by atoms with Gasteiger partial charge in [-0.05, 0) is 49.7 Å². The summed E-state index contributed by atoms with van der Waals surface area (Å²) in [5.74, 6) is -0.176. The van der Waals surface area contributed by atoms with Gasteiger partial charge >= 0.3 is 0 Å². The molecule has 26 heavy (non-hydrogen) atoms. The number of nitrogens with two attached hydrogens (primary N) is 1. The van der Waals surface area contributed by atoms with Gasteiger partial charge in [-0.2, -0.15) is 5.10 Å². The first-order valence-corrected chi connectivity index (χ1v) is 8.66. The van der Waals surface area contributed by atoms with Crippen LogP contribution < -0.4 is 11.1 Å². The Labute approximate surface area is 159 Å². The summed E-state index contributed by atoms with van der Waals surface area (Å²) in [6.07, 6.45) is 3.64. The van der Waals surface area contributed by atoms with E-state index in [0.717, 1.165) is 37.3 Å². The Morgan fingerprint density at radius 1 is 1.31 bits per heavy atom. The van der Waals surface area contributed by atoms with Gasteiger partial charge in [-0.15, -0.1) is 12.4 Å². The van der Waals surface area contributed by atoms with Crippen molar-refractivity contribution in [1.82, 2.24) is 20.0 Å². The second kappa shape index (κ2) is 9.66. The maximum Gasteiger partial charge on any atom is 0.224 e. The van der Waals surface area contributed by atoms with E-state index in [1.807, 2.05) is 10.7 Å². The summed E-state index contributed by atoms with van der Waals surface area (Å²) < 4.78 is 14.9. The molecule has 0 spiro atoms. The molecule has 1 aromatic heterocycles. The highest BCUT2D eigenvalue weighted by Crippen LogP contribution is 2.20. The summed E-state index contributed by atoms with van der Waals surface area (Å²) in [5, 5.41) is 7.23. The molecule has 0 aliphatic carbocycles. The Kier molecular flexibility index (Phi) is 7.56. The number of hydrogen-bond acceptors (Lipinski definition) is 4. The van der Waals surface area contributed by atoms with E-state index in [9.17, 15) is 9.18 Å². The van der Waals surface area contributed by atoms with Crippen LogP contribution in [-0.2, 0) is 11.3 Å². The highest BCUT2D eigenvalue weighted by atomic mass is 35.5. The monoisotopic (exact) mass is 381 g/mol. The molecule has 1 unspecified atom stereocenters. The molecule has 1 atom stereocenters. The smallest absolute Gasteiger partial charge is 0.224 e. The number of rotatable bonds is 6. The summed E-state index contributed by atoms with van der Waals surface area (Å²) in [5.41, 5.74) is 7.30. The molecular weight excluding hydrogens is 357 g/mol. The maximum atomic E-state index is 13.1. The molecule has 1 saturated heterocycles. The number of aromatic nitrogens is 2. The third-order valence-corrected chi connectivity index (χ3v) is 4.50. The molecule has 1 aliphatic rings. The van der Waals surface area contributed by atoms with E-state index in [1.165, 1.54) is 12.1 Å². The molecule has 0 radical (unpaired) electrons. The van der Waals surface area contributed by atoms with Crippen LogP contribution in [0.2, 0.25) is 0 Å². The number of benzene rings is 1. The molecule has 3 rings (SSSR count). The quantitative estimate of drug-likeness (QED) is 0.798. The van der Waals surface area contributed by atoms with Crippen LogP contribution in [0.15, 0.2) is 36.5 Å². The number of carbonyl (C=O) groups is 1. The van der Waals surface area contributed by atoms with Crippen LogP contribution in [0.5, 0.6) is 0 Å². The van der Waals surface area contributed by atoms with Crippen LogP contribution in [0, 0.1) is 11.7 Å². The van der Waals surface area contributed by atoms with Crippen LogP contribution >= 0.6 is 12.4 Å². The fourth-order valence-electron chi connectivity index (χ4n) is 3.25. The van der Waals surface area contributed by atoms with Crippen molar-refractivity contribution in [3.8, 4) is 5.69 Å². The summed E-state index contributed by atoms with van der Waals surface area (Å²) in [7, 11) is 0. The molecule has 2 aromatic rings. The molecule has 1 fully saturated rings. The zero-order valence-corrected chi connectivity index (χ0v) is 15.4. The van der Waals surface area contributed by atoms with Gasteiger partial charge in [0.1, 0.15) is 5.82 Å². The minimum absolute atomic E-state index is 0. The fourth-order valence-corrected chi connectivity index (χ4v) is 3.25. The molecule has 3 N–H and O–H groups in total. The van der Waals surface area contributed by atoms with E-state index in [1.54, 1.807) is 18.3 Å². The fraction of sp³-hybridized carbons (Fsp3) is 0.444. The number of hydrogen-bond donors (Lipinski definition) is 2. The Balaban J connectivity index is 0.00000243. The first-order valence-electron chi connectivity index (χ1n) is 8.66. The van der Waals surface area contributed by atoms with Crippen molar-refractivity contribution in [2.75, 3.05) is 26.2 Å². The van der Waals surface area contributed by atoms with E-state index < -0.39 is 0 Å². The van der Waals surface area contributed by atoms with Gasteiger partial charge in [0, 0.05) is 32.4 Å². The third-order valence-electron chi connectivity index (χ3n) is 4.50. The highest BCUT2D eigenvalue weighted by Gasteiger charge is 2.26. The van der Waals surface area contributed by atoms with Crippen LogP contribution in [0.4, 0.5) is 4.39 Å². The first-order chi connectivity index (χ1) is 12.2. The predicted octanol–water partition coefficient (Wildman–Crippen LogP) is 1.72. The number of nitrogens with one attached hydrogen (secondary N) is 1. The van der Waals surface area contributed by atoms with Crippen LogP contribution in [-0.4, -0.2) is 46.8 Å². The molecule has 1 aliphatic heterocycles. The van der Waals surface area contributed by atoms with Crippen LogP contribution in [0.1, 0.15) is 18.5 Å². The van der Waals surface area contributed by atoms with Gasteiger partial charge < -0.3 is 11.1 Å². The summed E-state index contributed by atoms with van der Waals surface area (Å²) >= 11 is 0. The van der Waals surface area contributed by atoms with E-state index in [-0.39, 0.29) is 30.0 Å². The Hall–Kier alpha value is -1.96. The molecule has 1 aromatic carbocycles. The largest absolute Gasteiger partial charge is 0.355 e. The van der Waals surface area contributed by atoms with Crippen molar-refractivity contribution in [2.45, 2.75) is 19.4 Å². The zero-order valence-electron chi connectivity index (χ0n) is 14.6. The average molecular weight is 382 g/mol. The number of piperidine rings is 1. The van der Waals surface area contributed by atoms with Crippen molar-refractivity contribution >= 4 is 18.3 Å². The van der Waals surface area contributed by atoms with Crippen molar-refractivity contribution in [1.29, 1.82) is 0 Å². The van der Waals surface area contributed by atoms with Crippen LogP contribution in [0.3, 0.4) is 0 Å². The van der Waals surface area contributed by atoms with Gasteiger partial charge in [0.05, 0.1) is 17.3 Å². The lowest BCUT2D eigenvalue weighted by Gasteiger charge is -2.32. The maximum absolute atomic E-state index is 13.1. The summed E-state index contributed by atoms with van der Waals surface area (Å²) in [6.45, 7) is 3.37. The van der Waals surface area contributed by atoms with Gasteiger partial charge in [-0.1, -0.05) is 0 Å². The van der Waals surface area contributed by atoms with Crippen molar-refractivity contribution in [3.63, 3.8) is 0 Å². The number of carbonyl (C=O) groups excluding carboxylic acids is 1. The zero-order chi connectivity index (χ0) is 17.6. The lowest BCUT2D eigenvalue weighted by molar-refractivity contribution is -0.126. The molecular formula is C18H25ClFN5O. The second-order valence-corrected chi connectivity index (χ2v) is 6.36. The van der Waals surface area contributed by atoms with E-state index >= 15 is 0 Å². The van der Waals surface area contributed by atoms with Crippen molar-refractivity contribution < 1.29 is 9.18 Å². The van der Waals surface area contributed by atoms with Gasteiger partial charge in [0.15, 0.2) is 0 Å². The second-order valence-electron chi connectivity index (χ2n) is 6.36. The topological polar surface area (TPSA) is 76.2 Å². The van der Waals surface area contributed by atoms with Gasteiger partial charge in [0.25, 0.3) is 0 Å². The van der Waals surface area contributed by atoms with E-state index in [2.05, 4.69) is 15.3 Å². The average Bonchev–Trinajstić information content (AvgIpc) is 3.08. The normalized spacial score (nSPS) is 17.5. The minimum Gasteiger partial charge on any atom is -0.355 e. The number of likely N-dealkylation sites (tertiary alicyclic amines) is 1. The van der Waals surface area contributed by atoms with Gasteiger partial charge in [-0.3, -0.25) is 9.69 Å². The molecule has 6 nitrogen and oxygen atoms in total. The number of halogens is 2. The predicted molar refractivity (Wildman–Crippen MR) is 101 cm³/mol. The van der Waals surface area contributed by atoms with Crippen molar-refractivity contribution in [2.24, 2.45) is 11.7 Å². The van der Waals surface area contributed by atoms with Gasteiger partial charge in [0.2, 0.25) is 5.91 Å². The Morgan fingerprint density at radius 2 is 2.08 bits per heavy atom. The molecule has 0 bridgehead atoms. The van der Waals surface area contributed by atoms with Crippen molar-refractivity contribution in [3.05, 3.63) is 48.0 Å². The highest BCUT2D eigenvalue weighted by molar-refractivity contribution is 5.85. The molecule has 8 heteroatoms. The van der Waals surface area contributed by atoms with E-state index in [4.69, 9.17) is 5.73 Å². The van der Waals surface area contributed by atoms with E-state index in [0.29, 0.717) is 19.6 Å². The standard InChI is InChI=1S/C18H24FN5O.ClH/c19-15-3-5-16(6-4-15)24-17(7-9-22-24)13-23-11-1-2-14(12-23)18(25)21-10-8-20;/h3-7,9,14H,1-2,8,10-13,20H2,(H,21,25);1H. The Morgan fingerprint density at radius 3 is 2.81 bits per heavy atom. The molecule has 142 valence electrons. The SMILES string of the molecule is Cl.NCCNC(=O)C1CCCN(Cc2ccnn2-c2ccc(F)cc2)C1. The number of nitrogens with zero attached hydrogens (tertiary/aromatic N) is 3. The molecule has 1 amide bonds. The lowest BCUT2D eigenvalue weighted by Crippen LogP contribution is -2.43. The Bertz CT molecular complexity index is 706. The summed E-state index contributed by atoms with van der Waals surface area (Å²) in [6, 6.07) is 8.25. The summed E-state index contributed by atoms with van der Waals surface area (Å²) in [4.78, 5) is 14.4. The minimum atomic E-state index is -0.264. The molecule has 2 heterocycles. The molecule has 0 saturated carbocycles.